The molecule has 1 atom stereocenters. The molecule has 0 N–H and O–H groups in total. The number of carbonyl (C=O) groups is 2. The average Bonchev–Trinajstić information content (AvgIpc) is 2.59. The van der Waals surface area contributed by atoms with Crippen molar-refractivity contribution in [3.05, 3.63) is 42.0 Å². The molecule has 0 saturated carbocycles. The van der Waals surface area contributed by atoms with Crippen molar-refractivity contribution >= 4 is 22.5 Å². The van der Waals surface area contributed by atoms with Crippen molar-refractivity contribution in [1.82, 2.24) is 0 Å². The van der Waals surface area contributed by atoms with Crippen molar-refractivity contribution < 1.29 is 19.1 Å². The van der Waals surface area contributed by atoms with Gasteiger partial charge in [-0.15, -0.1) is 0 Å². The van der Waals surface area contributed by atoms with Crippen LogP contribution < -0.4 is 4.74 Å². The predicted molar refractivity (Wildman–Crippen MR) is 89.9 cm³/mol. The van der Waals surface area contributed by atoms with Crippen LogP contribution in [0.3, 0.4) is 0 Å². The minimum atomic E-state index is -0.225. The van der Waals surface area contributed by atoms with Gasteiger partial charge in [-0.25, -0.2) is 0 Å². The lowest BCUT2D eigenvalue weighted by atomic mass is 9.98. The molecule has 0 radical (unpaired) electrons. The maximum absolute atomic E-state index is 12.3. The second-order valence-corrected chi connectivity index (χ2v) is 5.67. The Kier molecular flexibility index (Phi) is 5.74. The Balaban J connectivity index is 1.99. The molecule has 4 heteroatoms. The fourth-order valence-corrected chi connectivity index (χ4v) is 2.56. The van der Waals surface area contributed by atoms with E-state index in [1.165, 1.54) is 7.11 Å². The molecule has 122 valence electrons. The molecule has 0 saturated heterocycles. The smallest absolute Gasteiger partial charge is 0.308 e. The number of hydrogen-bond donors (Lipinski definition) is 0. The highest BCUT2D eigenvalue weighted by molar-refractivity contribution is 6.00. The molecule has 0 fully saturated rings. The lowest BCUT2D eigenvalue weighted by Crippen LogP contribution is -2.13. The molecule has 23 heavy (non-hydrogen) atoms. The summed E-state index contributed by atoms with van der Waals surface area (Å²) in [6.45, 7) is 1.82. The van der Waals surface area contributed by atoms with Crippen molar-refractivity contribution in [2.24, 2.45) is 5.92 Å². The number of methoxy groups -OCH3 is 2. The number of ketones is 1. The number of ether oxygens (including phenoxy) is 2. The maximum Gasteiger partial charge on any atom is 0.308 e. The minimum absolute atomic E-state index is 0.0970. The summed E-state index contributed by atoms with van der Waals surface area (Å²) in [7, 11) is 3.02. The Bertz CT molecular complexity index is 706. The summed E-state index contributed by atoms with van der Waals surface area (Å²) >= 11 is 0. The van der Waals surface area contributed by atoms with Gasteiger partial charge in [-0.3, -0.25) is 9.59 Å². The third kappa shape index (κ3) is 4.31. The third-order valence-electron chi connectivity index (χ3n) is 4.01. The number of rotatable bonds is 7. The zero-order valence-electron chi connectivity index (χ0n) is 13.8. The minimum Gasteiger partial charge on any atom is -0.497 e. The fourth-order valence-electron chi connectivity index (χ4n) is 2.56. The van der Waals surface area contributed by atoms with Crippen molar-refractivity contribution in [3.8, 4) is 5.75 Å². The summed E-state index contributed by atoms with van der Waals surface area (Å²) in [6, 6.07) is 11.5. The van der Waals surface area contributed by atoms with E-state index in [1.807, 2.05) is 43.3 Å². The first-order chi connectivity index (χ1) is 11.0. The van der Waals surface area contributed by atoms with E-state index in [0.717, 1.165) is 16.5 Å². The molecule has 0 amide bonds. The summed E-state index contributed by atoms with van der Waals surface area (Å²) in [4.78, 5) is 23.6. The van der Waals surface area contributed by atoms with Crippen molar-refractivity contribution in [2.75, 3.05) is 14.2 Å². The monoisotopic (exact) mass is 314 g/mol. The van der Waals surface area contributed by atoms with Crippen molar-refractivity contribution in [1.29, 1.82) is 0 Å². The van der Waals surface area contributed by atoms with Gasteiger partial charge in [0.1, 0.15) is 5.75 Å². The summed E-state index contributed by atoms with van der Waals surface area (Å²) in [5, 5.41) is 2.06. The standard InChI is InChI=1S/C19H22O4/c1-13(19(21)23-3)5-4-6-18(20)16-8-7-15-12-17(22-2)10-9-14(15)11-16/h7-13H,4-6H2,1-3H3. The predicted octanol–water partition coefficient (Wildman–Crippen LogP) is 4.01. The summed E-state index contributed by atoms with van der Waals surface area (Å²) < 4.78 is 9.89. The molecule has 2 rings (SSSR count). The van der Waals surface area contributed by atoms with Crippen LogP contribution in [-0.2, 0) is 9.53 Å². The number of Topliss-reactive ketones (excluding diaryl/α,β-unsaturated/α-hetero) is 1. The van der Waals surface area contributed by atoms with Crippen LogP contribution in [0.5, 0.6) is 5.75 Å². The fraction of sp³-hybridized carbons (Fsp3) is 0.368. The van der Waals surface area contributed by atoms with E-state index in [0.29, 0.717) is 24.8 Å². The first-order valence-electron chi connectivity index (χ1n) is 7.74. The third-order valence-corrected chi connectivity index (χ3v) is 4.01. The molecule has 0 aliphatic rings. The zero-order valence-corrected chi connectivity index (χ0v) is 13.8. The quantitative estimate of drug-likeness (QED) is 0.572. The topological polar surface area (TPSA) is 52.6 Å². The lowest BCUT2D eigenvalue weighted by Gasteiger charge is -2.08. The van der Waals surface area contributed by atoms with Crippen LogP contribution in [0.15, 0.2) is 36.4 Å². The zero-order chi connectivity index (χ0) is 16.8. The molecule has 2 aromatic carbocycles. The van der Waals surface area contributed by atoms with Gasteiger partial charge in [0, 0.05) is 12.0 Å². The number of esters is 1. The molecule has 0 aliphatic heterocycles. The van der Waals surface area contributed by atoms with Crippen LogP contribution in [-0.4, -0.2) is 26.0 Å². The van der Waals surface area contributed by atoms with Crippen LogP contribution >= 0.6 is 0 Å². The number of benzene rings is 2. The number of fused-ring (bicyclic) bond motifs is 1. The molecule has 0 heterocycles. The summed E-state index contributed by atoms with van der Waals surface area (Å²) in [5.74, 6) is 0.502. The van der Waals surface area contributed by atoms with Gasteiger partial charge in [-0.2, -0.15) is 0 Å². The van der Waals surface area contributed by atoms with E-state index in [-0.39, 0.29) is 17.7 Å². The molecule has 0 aliphatic carbocycles. The highest BCUT2D eigenvalue weighted by Gasteiger charge is 2.14. The molecule has 0 bridgehead atoms. The van der Waals surface area contributed by atoms with Gasteiger partial charge in [-0.05, 0) is 41.8 Å². The Hall–Kier alpha value is -2.36. The van der Waals surface area contributed by atoms with E-state index in [9.17, 15) is 9.59 Å². The number of hydrogen-bond acceptors (Lipinski definition) is 4. The van der Waals surface area contributed by atoms with Crippen LogP contribution in [0, 0.1) is 5.92 Å². The lowest BCUT2D eigenvalue weighted by molar-refractivity contribution is -0.145. The van der Waals surface area contributed by atoms with Gasteiger partial charge in [0.2, 0.25) is 0 Å². The van der Waals surface area contributed by atoms with E-state index in [4.69, 9.17) is 4.74 Å². The molecule has 4 nitrogen and oxygen atoms in total. The van der Waals surface area contributed by atoms with Crippen LogP contribution in [0.25, 0.3) is 10.8 Å². The second kappa shape index (κ2) is 7.77. The number of carbonyl (C=O) groups excluding carboxylic acids is 2. The summed E-state index contributed by atoms with van der Waals surface area (Å²) in [6.07, 6.45) is 1.77. The highest BCUT2D eigenvalue weighted by Crippen LogP contribution is 2.23. The first kappa shape index (κ1) is 17.0. The molecule has 2 aromatic rings. The van der Waals surface area contributed by atoms with Gasteiger partial charge >= 0.3 is 5.97 Å². The van der Waals surface area contributed by atoms with Crippen molar-refractivity contribution in [2.45, 2.75) is 26.2 Å². The van der Waals surface area contributed by atoms with E-state index in [2.05, 4.69) is 4.74 Å². The van der Waals surface area contributed by atoms with E-state index >= 15 is 0 Å². The summed E-state index contributed by atoms with van der Waals surface area (Å²) in [5.41, 5.74) is 0.702. The molecule has 0 aromatic heterocycles. The first-order valence-corrected chi connectivity index (χ1v) is 7.74. The molecule has 0 spiro atoms. The Morgan fingerprint density at radius 1 is 1.04 bits per heavy atom. The van der Waals surface area contributed by atoms with Crippen LogP contribution in [0.1, 0.15) is 36.5 Å². The average molecular weight is 314 g/mol. The SMILES string of the molecule is COC(=O)C(C)CCCC(=O)c1ccc2cc(OC)ccc2c1. The Morgan fingerprint density at radius 3 is 2.43 bits per heavy atom. The van der Waals surface area contributed by atoms with Gasteiger partial charge in [-0.1, -0.05) is 25.1 Å². The van der Waals surface area contributed by atoms with Crippen LogP contribution in [0.4, 0.5) is 0 Å². The largest absolute Gasteiger partial charge is 0.497 e. The van der Waals surface area contributed by atoms with Gasteiger partial charge in [0.25, 0.3) is 0 Å². The van der Waals surface area contributed by atoms with E-state index in [1.54, 1.807) is 7.11 Å². The second-order valence-electron chi connectivity index (χ2n) is 5.67. The maximum atomic E-state index is 12.3. The van der Waals surface area contributed by atoms with Crippen molar-refractivity contribution in [3.63, 3.8) is 0 Å². The Morgan fingerprint density at radius 2 is 1.74 bits per heavy atom. The highest BCUT2D eigenvalue weighted by atomic mass is 16.5. The van der Waals surface area contributed by atoms with E-state index < -0.39 is 0 Å². The van der Waals surface area contributed by atoms with Crippen LogP contribution in [0.2, 0.25) is 0 Å². The molecule has 1 unspecified atom stereocenters. The molecular weight excluding hydrogens is 292 g/mol. The van der Waals surface area contributed by atoms with Gasteiger partial charge in [0.15, 0.2) is 5.78 Å². The van der Waals surface area contributed by atoms with Gasteiger partial charge in [0.05, 0.1) is 20.1 Å². The normalized spacial score (nSPS) is 12.0. The molecular formula is C19H22O4. The van der Waals surface area contributed by atoms with Gasteiger partial charge < -0.3 is 9.47 Å². The Labute approximate surface area is 136 Å².